The maximum atomic E-state index is 13.2. The van der Waals surface area contributed by atoms with E-state index in [0.29, 0.717) is 37.3 Å². The lowest BCUT2D eigenvalue weighted by molar-refractivity contribution is -0.133. The number of hydrogen-bond acceptors (Lipinski definition) is 4. The fourth-order valence-corrected chi connectivity index (χ4v) is 3.84. The number of rotatable bonds is 4. The minimum absolute atomic E-state index is 0.0220. The summed E-state index contributed by atoms with van der Waals surface area (Å²) in [5.41, 5.74) is 3.10. The molecule has 0 aliphatic carbocycles. The molecule has 1 aliphatic heterocycles. The van der Waals surface area contributed by atoms with E-state index in [1.54, 1.807) is 21.8 Å². The largest absolute Gasteiger partial charge is 0.336 e. The van der Waals surface area contributed by atoms with Gasteiger partial charge >= 0.3 is 0 Å². The molecule has 0 N–H and O–H groups in total. The van der Waals surface area contributed by atoms with Gasteiger partial charge in [-0.1, -0.05) is 37.3 Å². The number of amides is 2. The maximum Gasteiger partial charge on any atom is 0.259 e. The molecule has 0 saturated carbocycles. The van der Waals surface area contributed by atoms with Crippen molar-refractivity contribution in [2.75, 3.05) is 13.1 Å². The average Bonchev–Trinajstić information content (AvgIpc) is 3.08. The van der Waals surface area contributed by atoms with E-state index in [4.69, 9.17) is 0 Å². The van der Waals surface area contributed by atoms with Gasteiger partial charge in [-0.2, -0.15) is 5.10 Å². The zero-order chi connectivity index (χ0) is 20.4. The Balaban J connectivity index is 1.57. The predicted molar refractivity (Wildman–Crippen MR) is 109 cm³/mol. The van der Waals surface area contributed by atoms with E-state index in [1.807, 2.05) is 48.4 Å². The van der Waals surface area contributed by atoms with Gasteiger partial charge in [0, 0.05) is 44.5 Å². The second-order valence-corrected chi connectivity index (χ2v) is 7.53. The first kappa shape index (κ1) is 19.1. The standard InChI is InChI=1S/C22H25N5O2/c1-3-18-15-25(10-9-20(28)26(18)14-17-7-5-4-6-8-17)22(29)19-12-24-27-13-16(2)11-23-21(19)27/h4-8,11-13,18H,3,9-10,14-15H2,1-2H3. The maximum absolute atomic E-state index is 13.2. The Kier molecular flexibility index (Phi) is 5.29. The van der Waals surface area contributed by atoms with Crippen LogP contribution in [-0.4, -0.2) is 55.3 Å². The van der Waals surface area contributed by atoms with E-state index in [2.05, 4.69) is 17.0 Å². The van der Waals surface area contributed by atoms with Crippen molar-refractivity contribution in [2.45, 2.75) is 39.3 Å². The molecule has 7 nitrogen and oxygen atoms in total. The Morgan fingerprint density at radius 3 is 2.76 bits per heavy atom. The molecule has 3 aromatic rings. The SMILES string of the molecule is CCC1CN(C(=O)c2cnn3cc(C)cnc23)CCC(=O)N1Cc1ccccc1. The first-order valence-corrected chi connectivity index (χ1v) is 9.99. The number of fused-ring (bicyclic) bond motifs is 1. The van der Waals surface area contributed by atoms with Crippen LogP contribution in [0.4, 0.5) is 0 Å². The summed E-state index contributed by atoms with van der Waals surface area (Å²) in [5, 5.41) is 4.27. The van der Waals surface area contributed by atoms with Crippen molar-refractivity contribution in [1.82, 2.24) is 24.4 Å². The number of aryl methyl sites for hydroxylation is 1. The summed E-state index contributed by atoms with van der Waals surface area (Å²) in [6.45, 7) is 5.48. The number of carbonyl (C=O) groups is 2. The van der Waals surface area contributed by atoms with Crippen LogP contribution >= 0.6 is 0 Å². The van der Waals surface area contributed by atoms with Crippen LogP contribution < -0.4 is 0 Å². The lowest BCUT2D eigenvalue weighted by Crippen LogP contribution is -2.43. The van der Waals surface area contributed by atoms with Crippen molar-refractivity contribution in [3.05, 3.63) is 65.6 Å². The molecule has 29 heavy (non-hydrogen) atoms. The summed E-state index contributed by atoms with van der Waals surface area (Å²) in [4.78, 5) is 34.2. The molecule has 1 saturated heterocycles. The highest BCUT2D eigenvalue weighted by molar-refractivity contribution is 6.00. The van der Waals surface area contributed by atoms with Gasteiger partial charge in [-0.05, 0) is 24.5 Å². The van der Waals surface area contributed by atoms with Gasteiger partial charge in [0.25, 0.3) is 5.91 Å². The van der Waals surface area contributed by atoms with Crippen LogP contribution in [0.25, 0.3) is 5.65 Å². The Labute approximate surface area is 170 Å². The first-order valence-electron chi connectivity index (χ1n) is 9.99. The molecule has 0 radical (unpaired) electrons. The van der Waals surface area contributed by atoms with Crippen LogP contribution in [-0.2, 0) is 11.3 Å². The molecule has 1 unspecified atom stereocenters. The molecule has 1 aliphatic rings. The molecule has 2 aromatic heterocycles. The van der Waals surface area contributed by atoms with Crippen LogP contribution in [0, 0.1) is 6.92 Å². The number of benzene rings is 1. The van der Waals surface area contributed by atoms with Crippen LogP contribution in [0.3, 0.4) is 0 Å². The van der Waals surface area contributed by atoms with Gasteiger partial charge in [0.1, 0.15) is 5.56 Å². The highest BCUT2D eigenvalue weighted by atomic mass is 16.2. The smallest absolute Gasteiger partial charge is 0.259 e. The topological polar surface area (TPSA) is 70.8 Å². The summed E-state index contributed by atoms with van der Waals surface area (Å²) in [6.07, 6.45) is 6.26. The zero-order valence-corrected chi connectivity index (χ0v) is 16.8. The highest BCUT2D eigenvalue weighted by Gasteiger charge is 2.32. The molecule has 0 bridgehead atoms. The molecule has 3 heterocycles. The van der Waals surface area contributed by atoms with E-state index in [0.717, 1.165) is 17.5 Å². The second kappa shape index (κ2) is 8.03. The average molecular weight is 391 g/mol. The molecule has 0 spiro atoms. The number of hydrogen-bond donors (Lipinski definition) is 0. The van der Waals surface area contributed by atoms with Gasteiger partial charge in [0.15, 0.2) is 5.65 Å². The van der Waals surface area contributed by atoms with Crippen LogP contribution in [0.5, 0.6) is 0 Å². The van der Waals surface area contributed by atoms with Crippen LogP contribution in [0.2, 0.25) is 0 Å². The van der Waals surface area contributed by atoms with Gasteiger partial charge in [-0.15, -0.1) is 0 Å². The van der Waals surface area contributed by atoms with E-state index >= 15 is 0 Å². The third kappa shape index (κ3) is 3.85. The summed E-state index contributed by atoms with van der Waals surface area (Å²) in [6, 6.07) is 9.96. The molecule has 2 amide bonds. The summed E-state index contributed by atoms with van der Waals surface area (Å²) < 4.78 is 1.63. The Morgan fingerprint density at radius 1 is 1.21 bits per heavy atom. The zero-order valence-electron chi connectivity index (χ0n) is 16.8. The van der Waals surface area contributed by atoms with Crippen molar-refractivity contribution >= 4 is 17.5 Å². The summed E-state index contributed by atoms with van der Waals surface area (Å²) in [5.74, 6) is -0.0335. The quantitative estimate of drug-likeness (QED) is 0.686. The molecule has 7 heteroatoms. The minimum Gasteiger partial charge on any atom is -0.336 e. The molecule has 150 valence electrons. The third-order valence-corrected chi connectivity index (χ3v) is 5.46. The van der Waals surface area contributed by atoms with Crippen molar-refractivity contribution in [3.8, 4) is 0 Å². The predicted octanol–water partition coefficient (Wildman–Crippen LogP) is 2.69. The lowest BCUT2D eigenvalue weighted by atomic mass is 10.1. The fourth-order valence-electron chi connectivity index (χ4n) is 3.84. The lowest BCUT2D eigenvalue weighted by Gasteiger charge is -2.31. The van der Waals surface area contributed by atoms with Crippen molar-refractivity contribution in [3.63, 3.8) is 0 Å². The molecular weight excluding hydrogens is 366 g/mol. The van der Waals surface area contributed by atoms with E-state index in [9.17, 15) is 9.59 Å². The molecule has 1 fully saturated rings. The normalized spacial score (nSPS) is 17.6. The van der Waals surface area contributed by atoms with E-state index in [-0.39, 0.29) is 17.9 Å². The van der Waals surface area contributed by atoms with Gasteiger partial charge in [-0.25, -0.2) is 9.50 Å². The van der Waals surface area contributed by atoms with Crippen LogP contribution in [0.15, 0.2) is 48.9 Å². The van der Waals surface area contributed by atoms with E-state index in [1.165, 1.54) is 0 Å². The van der Waals surface area contributed by atoms with Gasteiger partial charge in [0.05, 0.1) is 6.20 Å². The second-order valence-electron chi connectivity index (χ2n) is 7.53. The fraction of sp³-hybridized carbons (Fsp3) is 0.364. The van der Waals surface area contributed by atoms with E-state index < -0.39 is 0 Å². The first-order chi connectivity index (χ1) is 14.1. The molecule has 4 rings (SSSR count). The number of carbonyl (C=O) groups excluding carboxylic acids is 2. The van der Waals surface area contributed by atoms with Crippen molar-refractivity contribution in [2.24, 2.45) is 0 Å². The summed E-state index contributed by atoms with van der Waals surface area (Å²) >= 11 is 0. The third-order valence-electron chi connectivity index (χ3n) is 5.46. The molecule has 1 atom stereocenters. The summed E-state index contributed by atoms with van der Waals surface area (Å²) in [7, 11) is 0. The number of aromatic nitrogens is 3. The van der Waals surface area contributed by atoms with Crippen molar-refractivity contribution < 1.29 is 9.59 Å². The van der Waals surface area contributed by atoms with Gasteiger partial charge in [-0.3, -0.25) is 9.59 Å². The monoisotopic (exact) mass is 391 g/mol. The molecular formula is C22H25N5O2. The highest BCUT2D eigenvalue weighted by Crippen LogP contribution is 2.20. The molecule has 1 aromatic carbocycles. The van der Waals surface area contributed by atoms with Gasteiger partial charge in [0.2, 0.25) is 5.91 Å². The number of nitrogens with zero attached hydrogens (tertiary/aromatic N) is 5. The van der Waals surface area contributed by atoms with Gasteiger partial charge < -0.3 is 9.80 Å². The minimum atomic E-state index is -0.121. The Morgan fingerprint density at radius 2 is 2.00 bits per heavy atom. The van der Waals surface area contributed by atoms with Crippen LogP contribution in [0.1, 0.15) is 41.3 Å². The Hall–Kier alpha value is -3.22. The van der Waals surface area contributed by atoms with Crippen molar-refractivity contribution in [1.29, 1.82) is 0 Å². The Bertz CT molecular complexity index is 1030.